The molecule has 0 spiro atoms. The summed E-state index contributed by atoms with van der Waals surface area (Å²) in [5.74, 6) is 3.50. The van der Waals surface area contributed by atoms with E-state index in [0.717, 1.165) is 11.8 Å². The van der Waals surface area contributed by atoms with Crippen LogP contribution in [-0.2, 0) is 19.1 Å². The lowest BCUT2D eigenvalue weighted by atomic mass is 9.73. The van der Waals surface area contributed by atoms with Crippen LogP contribution in [0.3, 0.4) is 0 Å². The van der Waals surface area contributed by atoms with Gasteiger partial charge in [-0.2, -0.15) is 0 Å². The second-order valence-corrected chi connectivity index (χ2v) is 7.65. The van der Waals surface area contributed by atoms with Gasteiger partial charge in [-0.15, -0.1) is 0 Å². The van der Waals surface area contributed by atoms with Crippen LogP contribution in [0, 0.1) is 35.5 Å². The highest BCUT2D eigenvalue weighted by Gasteiger charge is 2.57. The predicted octanol–water partition coefficient (Wildman–Crippen LogP) is 3.36. The van der Waals surface area contributed by atoms with E-state index in [1.165, 1.54) is 25.7 Å². The third kappa shape index (κ3) is 3.17. The molecule has 2 bridgehead atoms. The SMILES string of the molecule is C=C(C)C(=O)OCC1CC2CC1C1C(COC(=O)CC)CCC21. The maximum atomic E-state index is 11.6. The Labute approximate surface area is 138 Å². The highest BCUT2D eigenvalue weighted by molar-refractivity contribution is 5.86. The maximum absolute atomic E-state index is 11.6. The first-order valence-corrected chi connectivity index (χ1v) is 8.99. The first-order chi connectivity index (χ1) is 11.0. The van der Waals surface area contributed by atoms with Gasteiger partial charge in [-0.05, 0) is 68.1 Å². The van der Waals surface area contributed by atoms with Crippen LogP contribution in [-0.4, -0.2) is 25.2 Å². The molecule has 6 unspecified atom stereocenters. The predicted molar refractivity (Wildman–Crippen MR) is 86.4 cm³/mol. The number of hydrogen-bond donors (Lipinski definition) is 0. The van der Waals surface area contributed by atoms with E-state index in [9.17, 15) is 9.59 Å². The van der Waals surface area contributed by atoms with Gasteiger partial charge >= 0.3 is 11.9 Å². The molecule has 0 amide bonds. The maximum Gasteiger partial charge on any atom is 0.333 e. The van der Waals surface area contributed by atoms with Gasteiger partial charge in [-0.3, -0.25) is 4.79 Å². The molecule has 4 nitrogen and oxygen atoms in total. The zero-order valence-electron chi connectivity index (χ0n) is 14.3. The number of hydrogen-bond acceptors (Lipinski definition) is 4. The average molecular weight is 320 g/mol. The van der Waals surface area contributed by atoms with E-state index >= 15 is 0 Å². The second kappa shape index (κ2) is 6.66. The van der Waals surface area contributed by atoms with Crippen LogP contribution in [0.4, 0.5) is 0 Å². The van der Waals surface area contributed by atoms with Crippen molar-refractivity contribution in [3.05, 3.63) is 12.2 Å². The van der Waals surface area contributed by atoms with E-state index in [1.807, 2.05) is 6.92 Å². The summed E-state index contributed by atoms with van der Waals surface area (Å²) in [6, 6.07) is 0. The minimum atomic E-state index is -0.274. The fourth-order valence-electron chi connectivity index (χ4n) is 5.38. The molecule has 0 aliphatic heterocycles. The van der Waals surface area contributed by atoms with Gasteiger partial charge in [0.2, 0.25) is 0 Å². The van der Waals surface area contributed by atoms with Crippen molar-refractivity contribution < 1.29 is 19.1 Å². The minimum absolute atomic E-state index is 0.0939. The molecule has 0 saturated heterocycles. The normalized spacial score (nSPS) is 37.5. The molecule has 3 saturated carbocycles. The molecule has 0 aromatic heterocycles. The molecule has 3 rings (SSSR count). The first kappa shape index (κ1) is 16.5. The summed E-state index contributed by atoms with van der Waals surface area (Å²) in [5.41, 5.74) is 0.469. The number of carbonyl (C=O) groups excluding carboxylic acids is 2. The Morgan fingerprint density at radius 3 is 2.48 bits per heavy atom. The number of fused-ring (bicyclic) bond motifs is 5. The van der Waals surface area contributed by atoms with Crippen molar-refractivity contribution in [2.24, 2.45) is 35.5 Å². The lowest BCUT2D eigenvalue weighted by Crippen LogP contribution is -2.33. The molecule has 0 N–H and O–H groups in total. The van der Waals surface area contributed by atoms with Gasteiger partial charge in [0.15, 0.2) is 0 Å². The van der Waals surface area contributed by atoms with E-state index in [-0.39, 0.29) is 11.9 Å². The highest BCUT2D eigenvalue weighted by Crippen LogP contribution is 2.62. The van der Waals surface area contributed by atoms with E-state index < -0.39 is 0 Å². The summed E-state index contributed by atoms with van der Waals surface area (Å²) < 4.78 is 10.8. The second-order valence-electron chi connectivity index (χ2n) is 7.65. The van der Waals surface area contributed by atoms with Crippen molar-refractivity contribution in [1.82, 2.24) is 0 Å². The largest absolute Gasteiger partial charge is 0.465 e. The van der Waals surface area contributed by atoms with Crippen molar-refractivity contribution in [3.63, 3.8) is 0 Å². The van der Waals surface area contributed by atoms with Crippen LogP contribution < -0.4 is 0 Å². The van der Waals surface area contributed by atoms with E-state index in [1.54, 1.807) is 6.92 Å². The van der Waals surface area contributed by atoms with Crippen LogP contribution >= 0.6 is 0 Å². The highest BCUT2D eigenvalue weighted by atomic mass is 16.5. The Kier molecular flexibility index (Phi) is 4.79. The Balaban J connectivity index is 1.57. The fourth-order valence-corrected chi connectivity index (χ4v) is 5.38. The fraction of sp³-hybridized carbons (Fsp3) is 0.789. The molecule has 23 heavy (non-hydrogen) atoms. The van der Waals surface area contributed by atoms with E-state index in [0.29, 0.717) is 48.9 Å². The van der Waals surface area contributed by atoms with Crippen molar-refractivity contribution in [2.75, 3.05) is 13.2 Å². The van der Waals surface area contributed by atoms with Crippen LogP contribution in [0.25, 0.3) is 0 Å². The monoisotopic (exact) mass is 320 g/mol. The summed E-state index contributed by atoms with van der Waals surface area (Å²) in [5, 5.41) is 0. The molecule has 0 aromatic rings. The molecule has 128 valence electrons. The molecule has 3 fully saturated rings. The summed E-state index contributed by atoms with van der Waals surface area (Å²) in [7, 11) is 0. The molecule has 0 heterocycles. The summed E-state index contributed by atoms with van der Waals surface area (Å²) in [6.45, 7) is 8.27. The van der Waals surface area contributed by atoms with Gasteiger partial charge in [0.1, 0.15) is 0 Å². The van der Waals surface area contributed by atoms with Crippen molar-refractivity contribution in [2.45, 2.75) is 46.0 Å². The third-order valence-electron chi connectivity index (χ3n) is 6.32. The van der Waals surface area contributed by atoms with Crippen LogP contribution in [0.2, 0.25) is 0 Å². The Morgan fingerprint density at radius 1 is 1.04 bits per heavy atom. The summed E-state index contributed by atoms with van der Waals surface area (Å²) in [6.07, 6.45) is 5.36. The average Bonchev–Trinajstić information content (AvgIpc) is 3.21. The van der Waals surface area contributed by atoms with Gasteiger partial charge in [-0.1, -0.05) is 13.5 Å². The molecular formula is C19H28O4. The van der Waals surface area contributed by atoms with Gasteiger partial charge in [0, 0.05) is 12.0 Å². The van der Waals surface area contributed by atoms with Crippen molar-refractivity contribution >= 4 is 11.9 Å². The number of ether oxygens (including phenoxy) is 2. The smallest absolute Gasteiger partial charge is 0.333 e. The van der Waals surface area contributed by atoms with Gasteiger partial charge in [-0.25, -0.2) is 4.79 Å². The van der Waals surface area contributed by atoms with Crippen LogP contribution in [0.5, 0.6) is 0 Å². The minimum Gasteiger partial charge on any atom is -0.465 e. The van der Waals surface area contributed by atoms with Crippen LogP contribution in [0.1, 0.15) is 46.0 Å². The number of esters is 2. The molecule has 4 heteroatoms. The molecule has 0 aromatic carbocycles. The van der Waals surface area contributed by atoms with Crippen molar-refractivity contribution in [3.8, 4) is 0 Å². The molecule has 0 radical (unpaired) electrons. The number of rotatable bonds is 6. The summed E-state index contributed by atoms with van der Waals surface area (Å²) in [4.78, 5) is 23.1. The molecule has 6 atom stereocenters. The first-order valence-electron chi connectivity index (χ1n) is 8.99. The lowest BCUT2D eigenvalue weighted by molar-refractivity contribution is -0.146. The molecule has 3 aliphatic carbocycles. The molecular weight excluding hydrogens is 292 g/mol. The molecule has 3 aliphatic rings. The van der Waals surface area contributed by atoms with E-state index in [2.05, 4.69) is 6.58 Å². The van der Waals surface area contributed by atoms with Gasteiger partial charge in [0.05, 0.1) is 13.2 Å². The zero-order chi connectivity index (χ0) is 16.6. The third-order valence-corrected chi connectivity index (χ3v) is 6.32. The topological polar surface area (TPSA) is 52.6 Å². The van der Waals surface area contributed by atoms with E-state index in [4.69, 9.17) is 9.47 Å². The van der Waals surface area contributed by atoms with Gasteiger partial charge < -0.3 is 9.47 Å². The van der Waals surface area contributed by atoms with Crippen LogP contribution in [0.15, 0.2) is 12.2 Å². The Hall–Kier alpha value is -1.32. The Morgan fingerprint density at radius 2 is 1.78 bits per heavy atom. The quantitative estimate of drug-likeness (QED) is 0.556. The van der Waals surface area contributed by atoms with Gasteiger partial charge in [0.25, 0.3) is 0 Å². The van der Waals surface area contributed by atoms with Crippen molar-refractivity contribution in [1.29, 1.82) is 0 Å². The number of carbonyl (C=O) groups is 2. The zero-order valence-corrected chi connectivity index (χ0v) is 14.3. The lowest BCUT2D eigenvalue weighted by Gasteiger charge is -2.34. The standard InChI is InChI=1S/C19H28O4/c1-4-17(20)22-9-12-5-6-15-13-7-14(16(8-13)18(12)15)10-23-19(21)11(2)3/h12-16,18H,2,4-10H2,1,3H3. The summed E-state index contributed by atoms with van der Waals surface area (Å²) >= 11 is 0. The Bertz CT molecular complexity index is 498.